The minimum absolute atomic E-state index is 0.231. The largest absolute Gasteiger partial charge is 0.494 e. The molecule has 18 heavy (non-hydrogen) atoms. The Balaban J connectivity index is 2.15. The Bertz CT molecular complexity index is 528. The number of nitrogens with zero attached hydrogens (tertiary/aromatic N) is 2. The first-order valence-electron chi connectivity index (χ1n) is 5.68. The van der Waals surface area contributed by atoms with E-state index in [1.807, 2.05) is 38.1 Å². The number of hydrogen-bond donors (Lipinski definition) is 1. The van der Waals surface area contributed by atoms with Gasteiger partial charge in [-0.1, -0.05) is 0 Å². The van der Waals surface area contributed by atoms with Gasteiger partial charge in [0.05, 0.1) is 6.61 Å². The maximum atomic E-state index is 5.77. The summed E-state index contributed by atoms with van der Waals surface area (Å²) in [6.45, 7) is 4.54. The summed E-state index contributed by atoms with van der Waals surface area (Å²) in [7, 11) is 0. The average molecular weight is 264 g/mol. The van der Waals surface area contributed by atoms with Crippen molar-refractivity contribution in [2.75, 3.05) is 11.9 Å². The second-order valence-electron chi connectivity index (χ2n) is 3.75. The van der Waals surface area contributed by atoms with Crippen molar-refractivity contribution < 1.29 is 4.74 Å². The molecule has 0 saturated carbocycles. The van der Waals surface area contributed by atoms with E-state index in [1.165, 1.54) is 0 Å². The van der Waals surface area contributed by atoms with Gasteiger partial charge in [0.2, 0.25) is 5.28 Å². The Morgan fingerprint density at radius 3 is 2.67 bits per heavy atom. The maximum Gasteiger partial charge on any atom is 0.224 e. The molecular formula is C13H14ClN3O. The number of anilines is 2. The van der Waals surface area contributed by atoms with Gasteiger partial charge in [-0.3, -0.25) is 0 Å². The monoisotopic (exact) mass is 263 g/mol. The third kappa shape index (κ3) is 3.11. The zero-order valence-corrected chi connectivity index (χ0v) is 11.0. The molecule has 0 aliphatic carbocycles. The standard InChI is InChI=1S/C13H14ClN3O/c1-3-18-11-6-4-10(5-7-11)16-12-9(2)8-15-13(14)17-12/h4-8H,3H2,1-2H3,(H,15,16,17). The second kappa shape index (κ2) is 5.69. The summed E-state index contributed by atoms with van der Waals surface area (Å²) in [5, 5.41) is 3.42. The lowest BCUT2D eigenvalue weighted by atomic mass is 10.3. The van der Waals surface area contributed by atoms with E-state index < -0.39 is 0 Å². The number of aryl methyl sites for hydroxylation is 1. The molecule has 2 aromatic rings. The SMILES string of the molecule is CCOc1ccc(Nc2nc(Cl)ncc2C)cc1. The van der Waals surface area contributed by atoms with Crippen LogP contribution in [-0.2, 0) is 0 Å². The number of ether oxygens (including phenoxy) is 1. The molecule has 0 aliphatic rings. The lowest BCUT2D eigenvalue weighted by Gasteiger charge is -2.09. The maximum absolute atomic E-state index is 5.77. The molecule has 2 rings (SSSR count). The average Bonchev–Trinajstić information content (AvgIpc) is 2.37. The summed E-state index contributed by atoms with van der Waals surface area (Å²) < 4.78 is 5.38. The topological polar surface area (TPSA) is 47.0 Å². The number of hydrogen-bond acceptors (Lipinski definition) is 4. The minimum Gasteiger partial charge on any atom is -0.494 e. The third-order valence-corrected chi connectivity index (χ3v) is 2.55. The van der Waals surface area contributed by atoms with Gasteiger partial charge in [0.25, 0.3) is 0 Å². The van der Waals surface area contributed by atoms with Crippen LogP contribution in [0.2, 0.25) is 5.28 Å². The van der Waals surface area contributed by atoms with Crippen LogP contribution in [-0.4, -0.2) is 16.6 Å². The van der Waals surface area contributed by atoms with Crippen molar-refractivity contribution in [2.45, 2.75) is 13.8 Å². The van der Waals surface area contributed by atoms with Crippen molar-refractivity contribution in [1.29, 1.82) is 0 Å². The van der Waals surface area contributed by atoms with Gasteiger partial charge < -0.3 is 10.1 Å². The van der Waals surface area contributed by atoms with Crippen LogP contribution in [0.25, 0.3) is 0 Å². The van der Waals surface area contributed by atoms with Crippen molar-refractivity contribution in [3.8, 4) is 5.75 Å². The quantitative estimate of drug-likeness (QED) is 0.857. The van der Waals surface area contributed by atoms with Crippen LogP contribution in [0, 0.1) is 6.92 Å². The predicted molar refractivity (Wildman–Crippen MR) is 72.7 cm³/mol. The van der Waals surface area contributed by atoms with Crippen molar-refractivity contribution in [3.63, 3.8) is 0 Å². The van der Waals surface area contributed by atoms with Gasteiger partial charge in [-0.2, -0.15) is 0 Å². The van der Waals surface area contributed by atoms with Crippen LogP contribution in [0.4, 0.5) is 11.5 Å². The van der Waals surface area contributed by atoms with Crippen LogP contribution in [0.1, 0.15) is 12.5 Å². The second-order valence-corrected chi connectivity index (χ2v) is 4.09. The minimum atomic E-state index is 0.231. The molecule has 0 spiro atoms. The smallest absolute Gasteiger partial charge is 0.224 e. The Morgan fingerprint density at radius 2 is 2.00 bits per heavy atom. The number of benzene rings is 1. The molecule has 0 saturated heterocycles. The Morgan fingerprint density at radius 1 is 1.28 bits per heavy atom. The molecule has 1 aromatic heterocycles. The van der Waals surface area contributed by atoms with Crippen LogP contribution < -0.4 is 10.1 Å². The van der Waals surface area contributed by atoms with Crippen molar-refractivity contribution in [1.82, 2.24) is 9.97 Å². The highest BCUT2D eigenvalue weighted by Gasteiger charge is 2.03. The summed E-state index contributed by atoms with van der Waals surface area (Å²) in [5.74, 6) is 1.56. The van der Waals surface area contributed by atoms with Crippen LogP contribution >= 0.6 is 11.6 Å². The van der Waals surface area contributed by atoms with E-state index in [0.29, 0.717) is 12.4 Å². The van der Waals surface area contributed by atoms with E-state index in [0.717, 1.165) is 17.0 Å². The normalized spacial score (nSPS) is 10.2. The van der Waals surface area contributed by atoms with Crippen LogP contribution in [0.3, 0.4) is 0 Å². The molecule has 0 aliphatic heterocycles. The molecule has 0 fully saturated rings. The molecule has 94 valence electrons. The fraction of sp³-hybridized carbons (Fsp3) is 0.231. The highest BCUT2D eigenvalue weighted by molar-refractivity contribution is 6.28. The van der Waals surface area contributed by atoms with Gasteiger partial charge in [0, 0.05) is 17.4 Å². The van der Waals surface area contributed by atoms with Crippen LogP contribution in [0.5, 0.6) is 5.75 Å². The summed E-state index contributed by atoms with van der Waals surface area (Å²) in [6, 6.07) is 7.68. The van der Waals surface area contributed by atoms with Gasteiger partial charge >= 0.3 is 0 Å². The zero-order valence-electron chi connectivity index (χ0n) is 10.3. The molecule has 0 amide bonds. The number of nitrogens with one attached hydrogen (secondary N) is 1. The third-order valence-electron chi connectivity index (χ3n) is 2.37. The number of halogens is 1. The van der Waals surface area contributed by atoms with E-state index in [-0.39, 0.29) is 5.28 Å². The molecule has 0 bridgehead atoms. The van der Waals surface area contributed by atoms with Crippen LogP contribution in [0.15, 0.2) is 30.5 Å². The fourth-order valence-corrected chi connectivity index (χ4v) is 1.62. The number of rotatable bonds is 4. The van der Waals surface area contributed by atoms with E-state index in [2.05, 4.69) is 15.3 Å². The lowest BCUT2D eigenvalue weighted by molar-refractivity contribution is 0.340. The molecule has 1 aromatic carbocycles. The summed E-state index contributed by atoms with van der Waals surface area (Å²) >= 11 is 5.77. The highest BCUT2D eigenvalue weighted by atomic mass is 35.5. The van der Waals surface area contributed by atoms with Crippen molar-refractivity contribution >= 4 is 23.1 Å². The van der Waals surface area contributed by atoms with Crippen molar-refractivity contribution in [3.05, 3.63) is 41.3 Å². The Labute approximate surface area is 111 Å². The first-order valence-corrected chi connectivity index (χ1v) is 6.06. The van der Waals surface area contributed by atoms with Gasteiger partial charge in [0.15, 0.2) is 0 Å². The lowest BCUT2D eigenvalue weighted by Crippen LogP contribution is -1.98. The van der Waals surface area contributed by atoms with E-state index in [4.69, 9.17) is 16.3 Å². The molecule has 0 atom stereocenters. The summed E-state index contributed by atoms with van der Waals surface area (Å²) in [5.41, 5.74) is 1.87. The highest BCUT2D eigenvalue weighted by Crippen LogP contribution is 2.21. The molecule has 0 unspecified atom stereocenters. The van der Waals surface area contributed by atoms with Gasteiger partial charge in [-0.25, -0.2) is 9.97 Å². The van der Waals surface area contributed by atoms with Crippen molar-refractivity contribution in [2.24, 2.45) is 0 Å². The summed E-state index contributed by atoms with van der Waals surface area (Å²) in [4.78, 5) is 8.05. The molecular weight excluding hydrogens is 250 g/mol. The van der Waals surface area contributed by atoms with Gasteiger partial charge in [-0.05, 0) is 49.7 Å². The molecule has 1 heterocycles. The Kier molecular flexibility index (Phi) is 3.99. The van der Waals surface area contributed by atoms with E-state index in [9.17, 15) is 0 Å². The number of aromatic nitrogens is 2. The van der Waals surface area contributed by atoms with Gasteiger partial charge in [-0.15, -0.1) is 0 Å². The van der Waals surface area contributed by atoms with E-state index >= 15 is 0 Å². The fourth-order valence-electron chi connectivity index (χ4n) is 1.48. The first kappa shape index (κ1) is 12.6. The first-order chi connectivity index (χ1) is 8.69. The summed E-state index contributed by atoms with van der Waals surface area (Å²) in [6.07, 6.45) is 1.69. The van der Waals surface area contributed by atoms with Gasteiger partial charge in [0.1, 0.15) is 11.6 Å². The molecule has 5 heteroatoms. The molecule has 4 nitrogen and oxygen atoms in total. The molecule has 1 N–H and O–H groups in total. The van der Waals surface area contributed by atoms with E-state index in [1.54, 1.807) is 6.20 Å². The molecule has 0 radical (unpaired) electrons. The predicted octanol–water partition coefficient (Wildman–Crippen LogP) is 3.58. The zero-order chi connectivity index (χ0) is 13.0. The Hall–Kier alpha value is -1.81.